The van der Waals surface area contributed by atoms with Gasteiger partial charge >= 0.3 is 0 Å². The lowest BCUT2D eigenvalue weighted by Gasteiger charge is -2.22. The van der Waals surface area contributed by atoms with Crippen molar-refractivity contribution in [3.05, 3.63) is 29.8 Å². The van der Waals surface area contributed by atoms with Gasteiger partial charge in [-0.25, -0.2) is 0 Å². The van der Waals surface area contributed by atoms with Crippen LogP contribution in [0.15, 0.2) is 24.3 Å². The Morgan fingerprint density at radius 3 is 3.05 bits per heavy atom. The molecule has 2 aromatic rings. The lowest BCUT2D eigenvalue weighted by Crippen LogP contribution is -2.38. The van der Waals surface area contributed by atoms with Crippen molar-refractivity contribution in [1.29, 1.82) is 0 Å². The number of aromatic nitrogens is 4. The third-order valence-electron chi connectivity index (χ3n) is 3.40. The Hall–Kier alpha value is -2.32. The number of hydrogen-bond donors (Lipinski definition) is 3. The smallest absolute Gasteiger partial charge is 0.254 e. The van der Waals surface area contributed by atoms with Crippen LogP contribution < -0.4 is 5.32 Å². The van der Waals surface area contributed by atoms with Crippen LogP contribution in [0.1, 0.15) is 10.4 Å². The summed E-state index contributed by atoms with van der Waals surface area (Å²) in [6.07, 6.45) is -0.561. The Morgan fingerprint density at radius 1 is 1.38 bits per heavy atom. The lowest BCUT2D eigenvalue weighted by molar-refractivity contribution is 0.0673. The fourth-order valence-corrected chi connectivity index (χ4v) is 2.39. The summed E-state index contributed by atoms with van der Waals surface area (Å²) in [5.74, 6) is 0.241. The summed E-state index contributed by atoms with van der Waals surface area (Å²) in [6.45, 7) is 2.02. The van der Waals surface area contributed by atoms with Gasteiger partial charge in [0, 0.05) is 31.7 Å². The van der Waals surface area contributed by atoms with Crippen LogP contribution in [0.25, 0.3) is 11.4 Å². The molecule has 1 saturated heterocycles. The first-order valence-electron chi connectivity index (χ1n) is 6.76. The quantitative estimate of drug-likeness (QED) is 0.673. The highest BCUT2D eigenvalue weighted by atomic mass is 16.3. The van der Waals surface area contributed by atoms with Crippen LogP contribution in [0.3, 0.4) is 0 Å². The second-order valence-corrected chi connectivity index (χ2v) is 4.89. The van der Waals surface area contributed by atoms with Gasteiger partial charge in [-0.2, -0.15) is 5.21 Å². The minimum atomic E-state index is -0.561. The number of aromatic amines is 1. The van der Waals surface area contributed by atoms with E-state index in [1.54, 1.807) is 23.1 Å². The van der Waals surface area contributed by atoms with E-state index >= 15 is 0 Å². The van der Waals surface area contributed by atoms with Gasteiger partial charge in [0.15, 0.2) is 0 Å². The summed E-state index contributed by atoms with van der Waals surface area (Å²) >= 11 is 0. The number of aliphatic hydroxyl groups excluding tert-OH is 1. The van der Waals surface area contributed by atoms with Gasteiger partial charge < -0.3 is 15.3 Å². The summed E-state index contributed by atoms with van der Waals surface area (Å²) in [5.41, 5.74) is 1.14. The molecule has 0 radical (unpaired) electrons. The number of carbonyl (C=O) groups is 1. The molecule has 0 spiro atoms. The van der Waals surface area contributed by atoms with Gasteiger partial charge in [-0.1, -0.05) is 18.2 Å². The summed E-state index contributed by atoms with van der Waals surface area (Å²) in [6, 6.07) is 7.13. The Kier molecular flexibility index (Phi) is 3.89. The van der Waals surface area contributed by atoms with Crippen molar-refractivity contribution in [3.63, 3.8) is 0 Å². The number of nitrogens with zero attached hydrogens (tertiary/aromatic N) is 4. The predicted molar refractivity (Wildman–Crippen MR) is 74.4 cm³/mol. The maximum absolute atomic E-state index is 12.7. The van der Waals surface area contributed by atoms with E-state index < -0.39 is 6.10 Å². The zero-order chi connectivity index (χ0) is 14.7. The molecule has 1 atom stereocenters. The molecule has 1 aliphatic rings. The summed E-state index contributed by atoms with van der Waals surface area (Å²) in [4.78, 5) is 14.4. The molecule has 110 valence electrons. The molecule has 1 aromatic carbocycles. The average Bonchev–Trinajstić information content (AvgIpc) is 2.95. The second-order valence-electron chi connectivity index (χ2n) is 4.89. The summed E-state index contributed by atoms with van der Waals surface area (Å²) < 4.78 is 0. The normalized spacial score (nSPS) is 19.3. The van der Waals surface area contributed by atoms with E-state index in [0.29, 0.717) is 43.1 Å². The number of nitrogens with one attached hydrogen (secondary N) is 2. The van der Waals surface area contributed by atoms with Crippen molar-refractivity contribution >= 4 is 5.91 Å². The zero-order valence-electron chi connectivity index (χ0n) is 11.4. The van der Waals surface area contributed by atoms with E-state index in [9.17, 15) is 9.90 Å². The maximum atomic E-state index is 12.7. The minimum Gasteiger partial charge on any atom is -0.390 e. The van der Waals surface area contributed by atoms with Crippen molar-refractivity contribution in [3.8, 4) is 11.4 Å². The monoisotopic (exact) mass is 288 g/mol. The van der Waals surface area contributed by atoms with Crippen LogP contribution >= 0.6 is 0 Å². The Bertz CT molecular complexity index is 615. The molecule has 0 saturated carbocycles. The van der Waals surface area contributed by atoms with E-state index in [4.69, 9.17) is 0 Å². The fourth-order valence-electron chi connectivity index (χ4n) is 2.39. The molecule has 3 rings (SSSR count). The van der Waals surface area contributed by atoms with Gasteiger partial charge in [-0.3, -0.25) is 4.79 Å². The molecule has 3 N–H and O–H groups in total. The van der Waals surface area contributed by atoms with Crippen LogP contribution in [-0.4, -0.2) is 68.8 Å². The zero-order valence-corrected chi connectivity index (χ0v) is 11.4. The van der Waals surface area contributed by atoms with Crippen molar-refractivity contribution in [2.75, 3.05) is 26.2 Å². The van der Waals surface area contributed by atoms with Crippen molar-refractivity contribution in [2.45, 2.75) is 6.10 Å². The molecule has 0 unspecified atom stereocenters. The van der Waals surface area contributed by atoms with E-state index in [1.807, 2.05) is 6.07 Å². The molecule has 8 heteroatoms. The molecule has 21 heavy (non-hydrogen) atoms. The molecule has 0 aliphatic carbocycles. The molecular weight excluding hydrogens is 272 g/mol. The number of carbonyl (C=O) groups excluding carboxylic acids is 1. The minimum absolute atomic E-state index is 0.141. The topological polar surface area (TPSA) is 107 Å². The van der Waals surface area contributed by atoms with Crippen molar-refractivity contribution in [1.82, 2.24) is 30.8 Å². The van der Waals surface area contributed by atoms with E-state index in [-0.39, 0.29) is 5.91 Å². The molecule has 0 bridgehead atoms. The number of tetrazole rings is 1. The summed E-state index contributed by atoms with van der Waals surface area (Å²) in [7, 11) is 0. The SMILES string of the molecule is O=C(c1ccccc1-c1nn[nH]n1)N1CCNC[C@@H](O)C1. The number of aliphatic hydroxyl groups is 1. The molecule has 1 aliphatic heterocycles. The van der Waals surface area contributed by atoms with E-state index in [0.717, 1.165) is 0 Å². The van der Waals surface area contributed by atoms with Crippen LogP contribution in [0.4, 0.5) is 0 Å². The van der Waals surface area contributed by atoms with Gasteiger partial charge in [0.25, 0.3) is 5.91 Å². The Morgan fingerprint density at radius 2 is 2.24 bits per heavy atom. The average molecular weight is 288 g/mol. The number of benzene rings is 1. The number of rotatable bonds is 2. The lowest BCUT2D eigenvalue weighted by atomic mass is 10.1. The Labute approximate surface area is 121 Å². The first-order valence-corrected chi connectivity index (χ1v) is 6.76. The number of amides is 1. The predicted octanol–water partition coefficient (Wildman–Crippen LogP) is -0.727. The number of β-amino-alcohol motifs (C(OH)–C–C–N with tert-alkyl or cyclic N) is 1. The van der Waals surface area contributed by atoms with Gasteiger partial charge in [0.1, 0.15) is 0 Å². The highest BCUT2D eigenvalue weighted by Crippen LogP contribution is 2.21. The van der Waals surface area contributed by atoms with Crippen LogP contribution in [0, 0.1) is 0 Å². The molecular formula is C13H16N6O2. The molecule has 1 aromatic heterocycles. The van der Waals surface area contributed by atoms with Crippen LogP contribution in [-0.2, 0) is 0 Å². The maximum Gasteiger partial charge on any atom is 0.254 e. The first-order chi connectivity index (χ1) is 10.3. The largest absolute Gasteiger partial charge is 0.390 e. The van der Waals surface area contributed by atoms with Crippen molar-refractivity contribution in [2.24, 2.45) is 0 Å². The number of H-pyrrole nitrogens is 1. The third-order valence-corrected chi connectivity index (χ3v) is 3.40. The standard InChI is InChI=1S/C13H16N6O2/c20-9-7-14-5-6-19(8-9)13(21)11-4-2-1-3-10(11)12-15-17-18-16-12/h1-4,9,14,20H,5-8H2,(H,15,16,17,18)/t9-/m1/s1. The van der Waals surface area contributed by atoms with Gasteiger partial charge in [-0.05, 0) is 11.3 Å². The molecule has 8 nitrogen and oxygen atoms in total. The van der Waals surface area contributed by atoms with Crippen LogP contribution in [0.5, 0.6) is 0 Å². The molecule has 2 heterocycles. The van der Waals surface area contributed by atoms with Gasteiger partial charge in [-0.15, -0.1) is 10.2 Å². The highest BCUT2D eigenvalue weighted by Gasteiger charge is 2.24. The number of hydrogen-bond acceptors (Lipinski definition) is 6. The van der Waals surface area contributed by atoms with Gasteiger partial charge in [0.05, 0.1) is 11.7 Å². The summed E-state index contributed by atoms with van der Waals surface area (Å²) in [5, 5.41) is 26.7. The Balaban J connectivity index is 1.91. The van der Waals surface area contributed by atoms with E-state index in [2.05, 4.69) is 25.9 Å². The first kappa shape index (κ1) is 13.7. The molecule has 1 amide bonds. The fraction of sp³-hybridized carbons (Fsp3) is 0.385. The molecule has 1 fully saturated rings. The van der Waals surface area contributed by atoms with Crippen molar-refractivity contribution < 1.29 is 9.90 Å². The third kappa shape index (κ3) is 2.91. The van der Waals surface area contributed by atoms with Crippen LogP contribution in [0.2, 0.25) is 0 Å². The van der Waals surface area contributed by atoms with Gasteiger partial charge in [0.2, 0.25) is 5.82 Å². The second kappa shape index (κ2) is 5.98. The van der Waals surface area contributed by atoms with E-state index in [1.165, 1.54) is 0 Å². The highest BCUT2D eigenvalue weighted by molar-refractivity contribution is 6.00.